The van der Waals surface area contributed by atoms with E-state index in [0.29, 0.717) is 17.7 Å². The summed E-state index contributed by atoms with van der Waals surface area (Å²) in [5.41, 5.74) is 6.99. The molecule has 2 rings (SSSR count). The van der Waals surface area contributed by atoms with Gasteiger partial charge in [-0.2, -0.15) is 0 Å². The molecular formula is C14H15N3O3. The number of oxime groups is 1. The van der Waals surface area contributed by atoms with Crippen molar-refractivity contribution >= 4 is 5.84 Å². The first-order chi connectivity index (χ1) is 9.74. The normalized spacial score (nSPS) is 11.3. The fraction of sp³-hybridized carbons (Fsp3) is 0.143. The van der Waals surface area contributed by atoms with E-state index in [1.807, 2.05) is 12.1 Å². The quantitative estimate of drug-likeness (QED) is 0.332. The lowest BCUT2D eigenvalue weighted by Gasteiger charge is -2.09. The molecule has 0 spiro atoms. The fourth-order valence-corrected chi connectivity index (χ4v) is 1.69. The summed E-state index contributed by atoms with van der Waals surface area (Å²) in [6.07, 6.45) is 2.16. The third kappa shape index (κ3) is 3.24. The molecule has 0 atom stereocenters. The highest BCUT2D eigenvalue weighted by molar-refractivity contribution is 5.99. The highest BCUT2D eigenvalue weighted by Gasteiger charge is 2.10. The first-order valence-corrected chi connectivity index (χ1v) is 6.05. The Balaban J connectivity index is 2.21. The number of hydrogen-bond acceptors (Lipinski definition) is 5. The summed E-state index contributed by atoms with van der Waals surface area (Å²) in [5.74, 6) is 0.778. The van der Waals surface area contributed by atoms with Crippen molar-refractivity contribution in [2.75, 3.05) is 6.61 Å². The van der Waals surface area contributed by atoms with Crippen molar-refractivity contribution in [2.24, 2.45) is 10.9 Å². The van der Waals surface area contributed by atoms with Gasteiger partial charge in [-0.1, -0.05) is 17.3 Å². The first kappa shape index (κ1) is 13.8. The first-order valence-electron chi connectivity index (χ1n) is 6.05. The van der Waals surface area contributed by atoms with Crippen LogP contribution in [0.4, 0.5) is 0 Å². The zero-order chi connectivity index (χ0) is 14.4. The van der Waals surface area contributed by atoms with E-state index in [1.165, 1.54) is 0 Å². The summed E-state index contributed by atoms with van der Waals surface area (Å²) >= 11 is 0. The predicted octanol–water partition coefficient (Wildman–Crippen LogP) is 1.50. The van der Waals surface area contributed by atoms with E-state index in [1.54, 1.807) is 30.5 Å². The summed E-state index contributed by atoms with van der Waals surface area (Å²) in [6.45, 7) is 0.105. The molecule has 0 bridgehead atoms. The van der Waals surface area contributed by atoms with Crippen molar-refractivity contribution in [1.82, 2.24) is 4.98 Å². The second-order valence-corrected chi connectivity index (χ2v) is 4.06. The minimum Gasteiger partial charge on any atom is -0.438 e. The maximum atomic E-state index is 8.86. The topological polar surface area (TPSA) is 101 Å². The molecule has 1 heterocycles. The molecule has 0 fully saturated rings. The highest BCUT2D eigenvalue weighted by Crippen LogP contribution is 2.23. The third-order valence-corrected chi connectivity index (χ3v) is 2.69. The van der Waals surface area contributed by atoms with Crippen LogP contribution in [0.15, 0.2) is 47.8 Å². The number of aromatic nitrogens is 1. The molecule has 0 saturated carbocycles. The molecular weight excluding hydrogens is 258 g/mol. The van der Waals surface area contributed by atoms with E-state index in [2.05, 4.69) is 10.1 Å². The Morgan fingerprint density at radius 2 is 2.00 bits per heavy atom. The molecule has 0 aliphatic heterocycles. The number of aliphatic hydroxyl groups is 1. The van der Waals surface area contributed by atoms with Crippen molar-refractivity contribution in [3.8, 4) is 11.6 Å². The Morgan fingerprint density at radius 3 is 2.65 bits per heavy atom. The number of amidine groups is 1. The van der Waals surface area contributed by atoms with Crippen LogP contribution >= 0.6 is 0 Å². The van der Waals surface area contributed by atoms with Crippen LogP contribution < -0.4 is 10.5 Å². The largest absolute Gasteiger partial charge is 0.438 e. The number of rotatable bonds is 5. The second-order valence-electron chi connectivity index (χ2n) is 4.06. The minimum atomic E-state index is -0.0648. The lowest BCUT2D eigenvalue weighted by molar-refractivity contribution is 0.299. The van der Waals surface area contributed by atoms with Crippen LogP contribution in [-0.2, 0) is 6.42 Å². The summed E-state index contributed by atoms with van der Waals surface area (Å²) in [4.78, 5) is 4.07. The number of nitrogens with zero attached hydrogens (tertiary/aromatic N) is 2. The van der Waals surface area contributed by atoms with Gasteiger partial charge in [-0.15, -0.1) is 0 Å². The molecule has 0 unspecified atom stereocenters. The lowest BCUT2D eigenvalue weighted by atomic mass is 10.1. The molecule has 6 heteroatoms. The van der Waals surface area contributed by atoms with Crippen molar-refractivity contribution in [3.63, 3.8) is 0 Å². The van der Waals surface area contributed by atoms with Gasteiger partial charge in [0.05, 0.1) is 5.56 Å². The van der Waals surface area contributed by atoms with E-state index < -0.39 is 0 Å². The standard InChI is InChI=1S/C14H15N3O3/c15-13(17-19)12-2-1-8-16-14(12)20-11-5-3-10(4-6-11)7-9-18/h1-6,8,18-19H,7,9H2,(H2,15,17). The number of nitrogens with two attached hydrogens (primary N) is 1. The van der Waals surface area contributed by atoms with Crippen molar-refractivity contribution in [1.29, 1.82) is 0 Å². The van der Waals surface area contributed by atoms with Crippen LogP contribution in [0.25, 0.3) is 0 Å². The number of pyridine rings is 1. The van der Waals surface area contributed by atoms with E-state index >= 15 is 0 Å². The molecule has 0 aliphatic rings. The van der Waals surface area contributed by atoms with Crippen LogP contribution in [0.3, 0.4) is 0 Å². The van der Waals surface area contributed by atoms with Crippen LogP contribution in [-0.4, -0.2) is 27.7 Å². The average molecular weight is 273 g/mol. The summed E-state index contributed by atoms with van der Waals surface area (Å²) in [6, 6.07) is 10.6. The third-order valence-electron chi connectivity index (χ3n) is 2.69. The van der Waals surface area contributed by atoms with Crippen LogP contribution in [0.1, 0.15) is 11.1 Å². The molecule has 0 radical (unpaired) electrons. The molecule has 1 aromatic heterocycles. The van der Waals surface area contributed by atoms with Gasteiger partial charge in [-0.3, -0.25) is 0 Å². The van der Waals surface area contributed by atoms with Gasteiger partial charge in [0.2, 0.25) is 5.88 Å². The van der Waals surface area contributed by atoms with Gasteiger partial charge in [-0.05, 0) is 36.2 Å². The summed E-state index contributed by atoms with van der Waals surface area (Å²) < 4.78 is 5.62. The molecule has 0 aliphatic carbocycles. The van der Waals surface area contributed by atoms with Crippen molar-refractivity contribution < 1.29 is 15.1 Å². The SMILES string of the molecule is N/C(=N/O)c1cccnc1Oc1ccc(CCO)cc1. The van der Waals surface area contributed by atoms with Crippen LogP contribution in [0, 0.1) is 0 Å². The lowest BCUT2D eigenvalue weighted by Crippen LogP contribution is -2.14. The average Bonchev–Trinajstić information content (AvgIpc) is 2.49. The molecule has 0 amide bonds. The Bertz CT molecular complexity index is 597. The van der Waals surface area contributed by atoms with Crippen LogP contribution in [0.2, 0.25) is 0 Å². The molecule has 20 heavy (non-hydrogen) atoms. The Hall–Kier alpha value is -2.60. The van der Waals surface area contributed by atoms with Gasteiger partial charge in [-0.25, -0.2) is 4.98 Å². The van der Waals surface area contributed by atoms with Gasteiger partial charge < -0.3 is 20.8 Å². The van der Waals surface area contributed by atoms with E-state index in [0.717, 1.165) is 5.56 Å². The smallest absolute Gasteiger partial charge is 0.230 e. The molecule has 0 saturated heterocycles. The zero-order valence-electron chi connectivity index (χ0n) is 10.7. The van der Waals surface area contributed by atoms with E-state index in [4.69, 9.17) is 20.8 Å². The summed E-state index contributed by atoms with van der Waals surface area (Å²) in [5, 5.41) is 20.5. The molecule has 1 aromatic carbocycles. The van der Waals surface area contributed by atoms with E-state index in [-0.39, 0.29) is 18.3 Å². The van der Waals surface area contributed by atoms with Crippen molar-refractivity contribution in [3.05, 3.63) is 53.7 Å². The Morgan fingerprint density at radius 1 is 1.25 bits per heavy atom. The maximum absolute atomic E-state index is 8.86. The Labute approximate surface area is 116 Å². The molecule has 6 nitrogen and oxygen atoms in total. The monoisotopic (exact) mass is 273 g/mol. The zero-order valence-corrected chi connectivity index (χ0v) is 10.7. The molecule has 4 N–H and O–H groups in total. The second kappa shape index (κ2) is 6.53. The number of hydrogen-bond donors (Lipinski definition) is 3. The van der Waals surface area contributed by atoms with Gasteiger partial charge >= 0.3 is 0 Å². The van der Waals surface area contributed by atoms with E-state index in [9.17, 15) is 0 Å². The minimum absolute atomic E-state index is 0.0648. The fourth-order valence-electron chi connectivity index (χ4n) is 1.69. The number of aliphatic hydroxyl groups excluding tert-OH is 1. The molecule has 2 aromatic rings. The number of benzene rings is 1. The van der Waals surface area contributed by atoms with Gasteiger partial charge in [0, 0.05) is 12.8 Å². The van der Waals surface area contributed by atoms with Gasteiger partial charge in [0.15, 0.2) is 5.84 Å². The molecule has 104 valence electrons. The van der Waals surface area contributed by atoms with Gasteiger partial charge in [0.1, 0.15) is 5.75 Å². The predicted molar refractivity (Wildman–Crippen MR) is 74.1 cm³/mol. The Kier molecular flexibility index (Phi) is 4.52. The van der Waals surface area contributed by atoms with Crippen molar-refractivity contribution in [2.45, 2.75) is 6.42 Å². The highest BCUT2D eigenvalue weighted by atomic mass is 16.5. The summed E-state index contributed by atoms with van der Waals surface area (Å²) in [7, 11) is 0. The van der Waals surface area contributed by atoms with Crippen LogP contribution in [0.5, 0.6) is 11.6 Å². The number of ether oxygens (including phenoxy) is 1. The maximum Gasteiger partial charge on any atom is 0.230 e. The van der Waals surface area contributed by atoms with Gasteiger partial charge in [0.25, 0.3) is 0 Å².